The van der Waals surface area contributed by atoms with E-state index in [-0.39, 0.29) is 18.5 Å². The van der Waals surface area contributed by atoms with Crippen LogP contribution in [0, 0.1) is 6.92 Å². The topological polar surface area (TPSA) is 138 Å². The molecule has 1 unspecified atom stereocenters. The first-order valence-corrected chi connectivity index (χ1v) is 10.1. The van der Waals surface area contributed by atoms with Gasteiger partial charge in [0.2, 0.25) is 5.91 Å². The van der Waals surface area contributed by atoms with Crippen molar-refractivity contribution in [3.8, 4) is 11.3 Å². The van der Waals surface area contributed by atoms with Crippen molar-refractivity contribution in [2.45, 2.75) is 25.8 Å². The number of carbonyl (C=O) groups is 3. The number of para-hydroxylation sites is 1. The summed E-state index contributed by atoms with van der Waals surface area (Å²) >= 11 is 0. The van der Waals surface area contributed by atoms with Gasteiger partial charge >= 0.3 is 5.97 Å². The number of nitrogens with one attached hydrogen (secondary N) is 2. The van der Waals surface area contributed by atoms with Gasteiger partial charge in [-0.2, -0.15) is 0 Å². The van der Waals surface area contributed by atoms with Crippen LogP contribution in [0.4, 0.5) is 0 Å². The van der Waals surface area contributed by atoms with E-state index in [0.29, 0.717) is 5.69 Å². The molecule has 2 aromatic heterocycles. The highest BCUT2D eigenvalue weighted by atomic mass is 16.4. The highest BCUT2D eigenvalue weighted by molar-refractivity contribution is 6.13. The second-order valence-electron chi connectivity index (χ2n) is 7.63. The minimum Gasteiger partial charge on any atom is -0.480 e. The molecule has 0 radical (unpaired) electrons. The van der Waals surface area contributed by atoms with E-state index in [9.17, 15) is 19.5 Å². The van der Waals surface area contributed by atoms with Gasteiger partial charge in [0, 0.05) is 28.3 Å². The number of benzene rings is 2. The van der Waals surface area contributed by atoms with Gasteiger partial charge < -0.3 is 21.1 Å². The fourth-order valence-electron chi connectivity index (χ4n) is 3.77. The number of rotatable bonds is 7. The van der Waals surface area contributed by atoms with E-state index in [4.69, 9.17) is 5.73 Å². The number of H-pyrrole nitrogens is 1. The number of carboxylic acids is 1. The number of primary amides is 1. The second-order valence-corrected chi connectivity index (χ2v) is 7.63. The van der Waals surface area contributed by atoms with Gasteiger partial charge in [-0.3, -0.25) is 9.59 Å². The fraction of sp³-hybridized carbons (Fsp3) is 0.167. The predicted molar refractivity (Wildman–Crippen MR) is 121 cm³/mol. The van der Waals surface area contributed by atoms with E-state index >= 15 is 0 Å². The highest BCUT2D eigenvalue weighted by Crippen LogP contribution is 2.33. The number of aryl methyl sites for hydroxylation is 1. The Morgan fingerprint density at radius 3 is 2.53 bits per heavy atom. The second kappa shape index (κ2) is 8.50. The van der Waals surface area contributed by atoms with Crippen LogP contribution < -0.4 is 11.1 Å². The smallest absolute Gasteiger partial charge is 0.326 e. The van der Waals surface area contributed by atoms with Crippen LogP contribution >= 0.6 is 0 Å². The third-order valence-electron chi connectivity index (χ3n) is 5.41. The average molecular weight is 430 g/mol. The molecule has 2 amide bonds. The summed E-state index contributed by atoms with van der Waals surface area (Å²) < 4.78 is 0. The number of nitrogens with two attached hydrogens (primary N) is 1. The van der Waals surface area contributed by atoms with Crippen LogP contribution in [0.1, 0.15) is 28.9 Å². The van der Waals surface area contributed by atoms with Crippen molar-refractivity contribution in [2.75, 3.05) is 0 Å². The molecular formula is C24H22N4O4. The molecule has 0 fully saturated rings. The molecule has 2 heterocycles. The third-order valence-corrected chi connectivity index (χ3v) is 5.41. The molecule has 8 heteroatoms. The first-order chi connectivity index (χ1) is 15.3. The maximum atomic E-state index is 13.0. The molecular weight excluding hydrogens is 408 g/mol. The Bertz CT molecular complexity index is 1360. The molecule has 4 aromatic rings. The third kappa shape index (κ3) is 4.02. The monoisotopic (exact) mass is 430 g/mol. The molecule has 4 rings (SSSR count). The zero-order chi connectivity index (χ0) is 22.8. The Balaban J connectivity index is 1.84. The summed E-state index contributed by atoms with van der Waals surface area (Å²) in [5.41, 5.74) is 9.36. The van der Waals surface area contributed by atoms with E-state index in [1.165, 1.54) is 0 Å². The molecule has 1 atom stereocenters. The van der Waals surface area contributed by atoms with Gasteiger partial charge in [0.05, 0.1) is 11.2 Å². The molecule has 0 bridgehead atoms. The Labute approximate surface area is 183 Å². The Morgan fingerprint density at radius 2 is 1.81 bits per heavy atom. The Hall–Kier alpha value is -4.20. The summed E-state index contributed by atoms with van der Waals surface area (Å²) in [6.45, 7) is 1.96. The summed E-state index contributed by atoms with van der Waals surface area (Å²) in [6, 6.07) is 15.8. The molecule has 32 heavy (non-hydrogen) atoms. The van der Waals surface area contributed by atoms with E-state index in [2.05, 4.69) is 15.3 Å². The van der Waals surface area contributed by atoms with E-state index in [1.54, 1.807) is 6.07 Å². The van der Waals surface area contributed by atoms with Crippen molar-refractivity contribution in [3.63, 3.8) is 0 Å². The standard InChI is InChI=1S/C24H22N4O4/c1-13-6-2-3-7-14(13)21-22-16(15-8-4-5-9-17(15)26-22)12-19(27-21)23(30)28-18(24(31)32)10-11-20(25)29/h2-9,12,18,26H,10-11H2,1H3,(H2,25,29)(H,28,30)(H,31,32). The van der Waals surface area contributed by atoms with Crippen LogP contribution in [0.15, 0.2) is 54.6 Å². The first-order valence-electron chi connectivity index (χ1n) is 10.1. The number of carboxylic acid groups (broad SMARTS) is 1. The van der Waals surface area contributed by atoms with Crippen molar-refractivity contribution in [3.05, 3.63) is 65.9 Å². The lowest BCUT2D eigenvalue weighted by molar-refractivity contribution is -0.139. The Morgan fingerprint density at radius 1 is 1.09 bits per heavy atom. The summed E-state index contributed by atoms with van der Waals surface area (Å²) in [7, 11) is 0. The number of aromatic amines is 1. The summed E-state index contributed by atoms with van der Waals surface area (Å²) in [6.07, 6.45) is -0.253. The van der Waals surface area contributed by atoms with Crippen molar-refractivity contribution >= 4 is 39.6 Å². The van der Waals surface area contributed by atoms with Crippen molar-refractivity contribution in [1.29, 1.82) is 0 Å². The van der Waals surface area contributed by atoms with Gasteiger partial charge in [0.1, 0.15) is 11.7 Å². The number of fused-ring (bicyclic) bond motifs is 3. The van der Waals surface area contributed by atoms with E-state index < -0.39 is 23.8 Å². The number of hydrogen-bond acceptors (Lipinski definition) is 4. The van der Waals surface area contributed by atoms with Crippen LogP contribution in [0.25, 0.3) is 33.1 Å². The SMILES string of the molecule is Cc1ccccc1-c1nc(C(=O)NC(CCC(N)=O)C(=O)O)cc2c1[nH]c1ccccc12. The van der Waals surface area contributed by atoms with Gasteiger partial charge in [-0.25, -0.2) is 9.78 Å². The highest BCUT2D eigenvalue weighted by Gasteiger charge is 2.24. The lowest BCUT2D eigenvalue weighted by Gasteiger charge is -2.14. The summed E-state index contributed by atoms with van der Waals surface area (Å²) in [5.74, 6) is -2.51. The average Bonchev–Trinajstić information content (AvgIpc) is 3.14. The Kier molecular flexibility index (Phi) is 5.59. The van der Waals surface area contributed by atoms with Crippen LogP contribution in [-0.4, -0.2) is 38.9 Å². The van der Waals surface area contributed by atoms with Crippen molar-refractivity contribution < 1.29 is 19.5 Å². The molecule has 0 aliphatic carbocycles. The summed E-state index contributed by atoms with van der Waals surface area (Å²) in [4.78, 5) is 43.6. The first kappa shape index (κ1) is 21.0. The fourth-order valence-corrected chi connectivity index (χ4v) is 3.77. The minimum absolute atomic E-state index is 0.0887. The molecule has 162 valence electrons. The van der Waals surface area contributed by atoms with Gasteiger partial charge in [-0.1, -0.05) is 42.5 Å². The number of hydrogen-bond donors (Lipinski definition) is 4. The molecule has 0 aliphatic rings. The minimum atomic E-state index is -1.25. The van der Waals surface area contributed by atoms with E-state index in [0.717, 1.165) is 32.9 Å². The van der Waals surface area contributed by atoms with Crippen LogP contribution in [0.2, 0.25) is 0 Å². The molecule has 5 N–H and O–H groups in total. The lowest BCUT2D eigenvalue weighted by Crippen LogP contribution is -2.41. The maximum absolute atomic E-state index is 13.0. The zero-order valence-electron chi connectivity index (χ0n) is 17.4. The van der Waals surface area contributed by atoms with Crippen LogP contribution in [0.3, 0.4) is 0 Å². The van der Waals surface area contributed by atoms with Gasteiger partial charge in [-0.05, 0) is 31.0 Å². The number of carbonyl (C=O) groups excluding carboxylic acids is 2. The lowest BCUT2D eigenvalue weighted by atomic mass is 10.0. The normalized spacial score (nSPS) is 12.0. The van der Waals surface area contributed by atoms with E-state index in [1.807, 2.05) is 55.5 Å². The molecule has 0 saturated carbocycles. The van der Waals surface area contributed by atoms with Crippen molar-refractivity contribution in [2.24, 2.45) is 5.73 Å². The van der Waals surface area contributed by atoms with Crippen LogP contribution in [0.5, 0.6) is 0 Å². The number of pyridine rings is 1. The number of aliphatic carboxylic acids is 1. The molecule has 0 aliphatic heterocycles. The van der Waals surface area contributed by atoms with Crippen LogP contribution in [-0.2, 0) is 9.59 Å². The maximum Gasteiger partial charge on any atom is 0.326 e. The molecule has 2 aromatic carbocycles. The van der Waals surface area contributed by atoms with Gasteiger partial charge in [-0.15, -0.1) is 0 Å². The van der Waals surface area contributed by atoms with Crippen molar-refractivity contribution in [1.82, 2.24) is 15.3 Å². The largest absolute Gasteiger partial charge is 0.480 e. The number of nitrogens with zero attached hydrogens (tertiary/aromatic N) is 1. The number of amides is 2. The molecule has 0 saturated heterocycles. The number of aromatic nitrogens is 2. The van der Waals surface area contributed by atoms with Gasteiger partial charge in [0.15, 0.2) is 0 Å². The molecule has 8 nitrogen and oxygen atoms in total. The van der Waals surface area contributed by atoms with Gasteiger partial charge in [0.25, 0.3) is 5.91 Å². The quantitative estimate of drug-likeness (QED) is 0.357. The molecule has 0 spiro atoms. The predicted octanol–water partition coefficient (Wildman–Crippen LogP) is 3.14. The zero-order valence-corrected chi connectivity index (χ0v) is 17.4. The summed E-state index contributed by atoms with van der Waals surface area (Å²) in [5, 5.41) is 13.6.